The van der Waals surface area contributed by atoms with Gasteiger partial charge in [0.25, 0.3) is 5.91 Å². The molecule has 1 amide bonds. The summed E-state index contributed by atoms with van der Waals surface area (Å²) in [6.45, 7) is 0.558. The first-order chi connectivity index (χ1) is 9.24. The average Bonchev–Trinajstić information content (AvgIpc) is 2.99. The van der Waals surface area contributed by atoms with Crippen molar-refractivity contribution in [2.45, 2.75) is 25.8 Å². The van der Waals surface area contributed by atoms with E-state index < -0.39 is 0 Å². The number of carbonyl (C=O) groups is 1. The smallest absolute Gasteiger partial charge is 0.264 e. The molecule has 19 heavy (non-hydrogen) atoms. The molecule has 0 aliphatic heterocycles. The molecule has 0 saturated heterocycles. The Kier molecular flexibility index (Phi) is 3.34. The number of pyridine rings is 1. The van der Waals surface area contributed by atoms with Crippen LogP contribution in [0, 0.1) is 0 Å². The van der Waals surface area contributed by atoms with Crippen molar-refractivity contribution in [3.8, 4) is 0 Å². The van der Waals surface area contributed by atoms with Crippen molar-refractivity contribution in [2.75, 3.05) is 7.05 Å². The van der Waals surface area contributed by atoms with Crippen LogP contribution in [0.25, 0.3) is 0 Å². The van der Waals surface area contributed by atoms with Gasteiger partial charge in [-0.15, -0.1) is 11.3 Å². The van der Waals surface area contributed by atoms with E-state index in [-0.39, 0.29) is 5.91 Å². The lowest BCUT2D eigenvalue weighted by Crippen LogP contribution is -2.25. The summed E-state index contributed by atoms with van der Waals surface area (Å²) < 4.78 is 0. The second-order valence-corrected chi connectivity index (χ2v) is 6.03. The minimum Gasteiger partial charge on any atom is -0.335 e. The molecule has 3 rings (SSSR count). The van der Waals surface area contributed by atoms with E-state index in [1.165, 1.54) is 16.9 Å². The highest BCUT2D eigenvalue weighted by Crippen LogP contribution is 2.31. The first-order valence-corrected chi connectivity index (χ1v) is 7.32. The summed E-state index contributed by atoms with van der Waals surface area (Å²) in [4.78, 5) is 20.6. The van der Waals surface area contributed by atoms with Crippen LogP contribution in [0.4, 0.5) is 0 Å². The van der Waals surface area contributed by atoms with Gasteiger partial charge in [0.2, 0.25) is 0 Å². The number of nitrogens with zero attached hydrogens (tertiary/aromatic N) is 2. The van der Waals surface area contributed by atoms with Crippen molar-refractivity contribution < 1.29 is 4.79 Å². The van der Waals surface area contributed by atoms with Crippen LogP contribution in [-0.4, -0.2) is 22.8 Å². The highest BCUT2D eigenvalue weighted by molar-refractivity contribution is 7.14. The zero-order valence-electron chi connectivity index (χ0n) is 10.9. The van der Waals surface area contributed by atoms with Gasteiger partial charge in [0.15, 0.2) is 0 Å². The zero-order valence-corrected chi connectivity index (χ0v) is 11.7. The molecule has 0 unspecified atom stereocenters. The average molecular weight is 272 g/mol. The van der Waals surface area contributed by atoms with Gasteiger partial charge in [-0.05, 0) is 43.0 Å². The van der Waals surface area contributed by atoms with E-state index in [0.29, 0.717) is 6.54 Å². The van der Waals surface area contributed by atoms with Crippen molar-refractivity contribution in [3.63, 3.8) is 0 Å². The fraction of sp³-hybridized carbons (Fsp3) is 0.333. The summed E-state index contributed by atoms with van der Waals surface area (Å²) in [6, 6.07) is 7.85. The Bertz CT molecular complexity index is 570. The maximum atomic E-state index is 12.4. The van der Waals surface area contributed by atoms with Crippen LogP contribution < -0.4 is 0 Å². The van der Waals surface area contributed by atoms with Crippen LogP contribution in [-0.2, 0) is 19.4 Å². The molecule has 2 aromatic rings. The van der Waals surface area contributed by atoms with Crippen LogP contribution in [0.5, 0.6) is 0 Å². The molecule has 0 radical (unpaired) electrons. The third-order valence-corrected chi connectivity index (χ3v) is 4.65. The summed E-state index contributed by atoms with van der Waals surface area (Å²) >= 11 is 1.66. The number of rotatable bonds is 3. The van der Waals surface area contributed by atoms with Crippen LogP contribution in [0.15, 0.2) is 30.5 Å². The highest BCUT2D eigenvalue weighted by Gasteiger charge is 2.20. The lowest BCUT2D eigenvalue weighted by atomic mass is 10.2. The Balaban J connectivity index is 1.72. The van der Waals surface area contributed by atoms with Crippen molar-refractivity contribution in [1.29, 1.82) is 0 Å². The van der Waals surface area contributed by atoms with E-state index in [1.807, 2.05) is 25.2 Å². The second-order valence-electron chi connectivity index (χ2n) is 4.89. The van der Waals surface area contributed by atoms with Crippen LogP contribution in [0.2, 0.25) is 0 Å². The molecule has 4 heteroatoms. The number of hydrogen-bond acceptors (Lipinski definition) is 3. The molecule has 0 saturated carbocycles. The van der Waals surface area contributed by atoms with Gasteiger partial charge in [-0.3, -0.25) is 9.78 Å². The molecular weight excluding hydrogens is 256 g/mol. The predicted octanol–water partition coefficient (Wildman–Crippen LogP) is 2.90. The fourth-order valence-electron chi connectivity index (χ4n) is 2.43. The maximum absolute atomic E-state index is 12.4. The third kappa shape index (κ3) is 2.54. The van der Waals surface area contributed by atoms with Gasteiger partial charge in [-0.2, -0.15) is 0 Å². The lowest BCUT2D eigenvalue weighted by Gasteiger charge is -2.15. The fourth-order valence-corrected chi connectivity index (χ4v) is 3.68. The number of fused-ring (bicyclic) bond motifs is 1. The Hall–Kier alpha value is -1.68. The Morgan fingerprint density at radius 3 is 3.05 bits per heavy atom. The summed E-state index contributed by atoms with van der Waals surface area (Å²) in [5, 5.41) is 0. The van der Waals surface area contributed by atoms with E-state index in [1.54, 1.807) is 22.4 Å². The molecule has 0 aromatic carbocycles. The Morgan fingerprint density at radius 1 is 1.42 bits per heavy atom. The van der Waals surface area contributed by atoms with Crippen LogP contribution in [0.3, 0.4) is 0 Å². The molecule has 0 N–H and O–H groups in total. The first kappa shape index (κ1) is 12.4. The van der Waals surface area contributed by atoms with E-state index in [2.05, 4.69) is 11.1 Å². The molecule has 2 heterocycles. The normalized spacial score (nSPS) is 13.3. The van der Waals surface area contributed by atoms with Crippen molar-refractivity contribution in [2.24, 2.45) is 0 Å². The molecule has 0 atom stereocenters. The van der Waals surface area contributed by atoms with Crippen molar-refractivity contribution in [1.82, 2.24) is 9.88 Å². The molecule has 98 valence electrons. The number of carbonyl (C=O) groups excluding carboxylic acids is 1. The molecular formula is C15H16N2OS. The number of hydrogen-bond donors (Lipinski definition) is 0. The zero-order chi connectivity index (χ0) is 13.2. The van der Waals surface area contributed by atoms with E-state index in [0.717, 1.165) is 23.4 Å². The van der Waals surface area contributed by atoms with Crippen LogP contribution >= 0.6 is 11.3 Å². The standard InChI is InChI=1S/C15H16N2OS/c1-17(10-12-6-2-3-8-16-12)15(18)14-9-11-5-4-7-13(11)19-14/h2-3,6,8-9H,4-5,7,10H2,1H3. The Morgan fingerprint density at radius 2 is 2.32 bits per heavy atom. The van der Waals surface area contributed by atoms with Gasteiger partial charge >= 0.3 is 0 Å². The maximum Gasteiger partial charge on any atom is 0.264 e. The third-order valence-electron chi connectivity index (χ3n) is 3.43. The monoisotopic (exact) mass is 272 g/mol. The number of amides is 1. The topological polar surface area (TPSA) is 33.2 Å². The second kappa shape index (κ2) is 5.13. The summed E-state index contributed by atoms with van der Waals surface area (Å²) in [5.74, 6) is 0.102. The number of aromatic nitrogens is 1. The molecule has 1 aliphatic rings. The molecule has 0 spiro atoms. The van der Waals surface area contributed by atoms with Gasteiger partial charge in [0.1, 0.15) is 0 Å². The quantitative estimate of drug-likeness (QED) is 0.860. The number of thiophene rings is 1. The SMILES string of the molecule is CN(Cc1ccccn1)C(=O)c1cc2c(s1)CCC2. The van der Waals surface area contributed by atoms with E-state index in [4.69, 9.17) is 0 Å². The van der Waals surface area contributed by atoms with E-state index >= 15 is 0 Å². The largest absolute Gasteiger partial charge is 0.335 e. The highest BCUT2D eigenvalue weighted by atomic mass is 32.1. The number of aryl methyl sites for hydroxylation is 2. The van der Waals surface area contributed by atoms with Gasteiger partial charge in [0, 0.05) is 18.1 Å². The van der Waals surface area contributed by atoms with Gasteiger partial charge in [-0.1, -0.05) is 6.07 Å². The van der Waals surface area contributed by atoms with Gasteiger partial charge < -0.3 is 4.90 Å². The Labute approximate surface area is 116 Å². The lowest BCUT2D eigenvalue weighted by molar-refractivity contribution is 0.0788. The van der Waals surface area contributed by atoms with Crippen molar-refractivity contribution in [3.05, 3.63) is 51.5 Å². The minimum absolute atomic E-state index is 0.102. The van der Waals surface area contributed by atoms with Gasteiger partial charge in [-0.25, -0.2) is 0 Å². The summed E-state index contributed by atoms with van der Waals surface area (Å²) in [6.07, 6.45) is 5.26. The molecule has 1 aliphatic carbocycles. The molecule has 0 bridgehead atoms. The molecule has 2 aromatic heterocycles. The molecule has 3 nitrogen and oxygen atoms in total. The minimum atomic E-state index is 0.102. The predicted molar refractivity (Wildman–Crippen MR) is 76.4 cm³/mol. The summed E-state index contributed by atoms with van der Waals surface area (Å²) in [7, 11) is 1.84. The van der Waals surface area contributed by atoms with Gasteiger partial charge in [0.05, 0.1) is 17.1 Å². The summed E-state index contributed by atoms with van der Waals surface area (Å²) in [5.41, 5.74) is 2.29. The van der Waals surface area contributed by atoms with Crippen molar-refractivity contribution >= 4 is 17.2 Å². The molecule has 0 fully saturated rings. The first-order valence-electron chi connectivity index (χ1n) is 6.51. The van der Waals surface area contributed by atoms with Crippen LogP contribution in [0.1, 0.15) is 32.2 Å². The van der Waals surface area contributed by atoms with E-state index in [9.17, 15) is 4.79 Å².